The molecule has 0 spiro atoms. The molecule has 0 aliphatic rings. The van der Waals surface area contributed by atoms with Gasteiger partial charge in [0.05, 0.1) is 12.5 Å². The second-order valence-electron chi connectivity index (χ2n) is 4.70. The van der Waals surface area contributed by atoms with E-state index in [1.165, 1.54) is 37.3 Å². The first-order valence-electron chi connectivity index (χ1n) is 6.57. The van der Waals surface area contributed by atoms with Crippen LogP contribution in [0.4, 0.5) is 13.2 Å². The molecule has 0 aliphatic heterocycles. The van der Waals surface area contributed by atoms with Crippen LogP contribution in [-0.4, -0.2) is 44.0 Å². The molecule has 1 aromatic carbocycles. The fourth-order valence-corrected chi connectivity index (χ4v) is 1.82. The van der Waals surface area contributed by atoms with Crippen molar-refractivity contribution in [1.82, 2.24) is 4.90 Å². The lowest BCUT2D eigenvalue weighted by molar-refractivity contribution is -0.275. The van der Waals surface area contributed by atoms with Gasteiger partial charge in [0.1, 0.15) is 5.75 Å². The van der Waals surface area contributed by atoms with Crippen molar-refractivity contribution in [3.8, 4) is 5.75 Å². The van der Waals surface area contributed by atoms with Crippen molar-refractivity contribution in [3.05, 3.63) is 29.8 Å². The summed E-state index contributed by atoms with van der Waals surface area (Å²) in [5.41, 5.74) is 5.70. The molecule has 132 valence electrons. The van der Waals surface area contributed by atoms with Crippen LogP contribution < -0.4 is 10.5 Å². The number of para-hydroxylation sites is 1. The van der Waals surface area contributed by atoms with Gasteiger partial charge in [-0.3, -0.25) is 4.79 Å². The van der Waals surface area contributed by atoms with Gasteiger partial charge in [-0.05, 0) is 6.07 Å². The van der Waals surface area contributed by atoms with Gasteiger partial charge in [-0.25, -0.2) is 0 Å². The van der Waals surface area contributed by atoms with E-state index in [0.717, 1.165) is 0 Å². The Labute approximate surface area is 138 Å². The van der Waals surface area contributed by atoms with E-state index in [1.54, 1.807) is 6.07 Å². The van der Waals surface area contributed by atoms with Gasteiger partial charge < -0.3 is 20.1 Å². The molecule has 1 amide bonds. The van der Waals surface area contributed by atoms with Crippen LogP contribution in [0, 0.1) is 0 Å². The number of methoxy groups -OCH3 is 1. The summed E-state index contributed by atoms with van der Waals surface area (Å²) in [7, 11) is 2.94. The molecule has 2 N–H and O–H groups in total. The molecule has 0 radical (unpaired) electrons. The van der Waals surface area contributed by atoms with Crippen molar-refractivity contribution in [2.24, 2.45) is 5.73 Å². The summed E-state index contributed by atoms with van der Waals surface area (Å²) in [4.78, 5) is 13.3. The Hall–Kier alpha value is -1.51. The molecule has 0 aliphatic carbocycles. The summed E-state index contributed by atoms with van der Waals surface area (Å²) in [6.07, 6.45) is -5.14. The van der Waals surface area contributed by atoms with Gasteiger partial charge in [0.2, 0.25) is 5.91 Å². The smallest absolute Gasteiger partial charge is 0.405 e. The summed E-state index contributed by atoms with van der Waals surface area (Å²) >= 11 is 0. The highest BCUT2D eigenvalue weighted by Gasteiger charge is 2.32. The number of rotatable bonds is 7. The Morgan fingerprint density at radius 1 is 1.35 bits per heavy atom. The van der Waals surface area contributed by atoms with Gasteiger partial charge in [-0.15, -0.1) is 25.6 Å². The van der Waals surface area contributed by atoms with Crippen LogP contribution in [-0.2, 0) is 16.1 Å². The quantitative estimate of drug-likeness (QED) is 0.814. The number of nitrogens with two attached hydrogens (primary N) is 1. The molecule has 0 aromatic heterocycles. The zero-order valence-corrected chi connectivity index (χ0v) is 13.6. The number of alkyl halides is 3. The zero-order valence-electron chi connectivity index (χ0n) is 12.8. The third-order valence-corrected chi connectivity index (χ3v) is 3.03. The van der Waals surface area contributed by atoms with Crippen LogP contribution in [0.2, 0.25) is 0 Å². The zero-order chi connectivity index (χ0) is 16.8. The third kappa shape index (κ3) is 7.54. The number of amides is 1. The summed E-state index contributed by atoms with van der Waals surface area (Å²) in [5.74, 6) is -0.601. The summed E-state index contributed by atoms with van der Waals surface area (Å²) in [6.45, 7) is 0.177. The van der Waals surface area contributed by atoms with Crippen LogP contribution in [0.15, 0.2) is 24.3 Å². The fraction of sp³-hybridized carbons (Fsp3) is 0.500. The Balaban J connectivity index is 0.00000484. The molecular weight excluding hydrogens is 337 g/mol. The molecule has 0 saturated heterocycles. The second-order valence-corrected chi connectivity index (χ2v) is 4.70. The van der Waals surface area contributed by atoms with E-state index < -0.39 is 12.5 Å². The number of hydrogen-bond donors (Lipinski definition) is 1. The molecule has 0 fully saturated rings. The SMILES string of the molecule is COC(CN)CC(=O)N(C)Cc1ccccc1OC(F)(F)F.Cl. The molecule has 0 heterocycles. The Bertz CT molecular complexity index is 496. The highest BCUT2D eigenvalue weighted by Crippen LogP contribution is 2.27. The first-order chi connectivity index (χ1) is 10.3. The predicted octanol–water partition coefficient (Wildman–Crippen LogP) is 2.33. The highest BCUT2D eigenvalue weighted by molar-refractivity contribution is 5.85. The molecule has 1 atom stereocenters. The van der Waals surface area contributed by atoms with Gasteiger partial charge in [-0.1, -0.05) is 18.2 Å². The maximum absolute atomic E-state index is 12.3. The predicted molar refractivity (Wildman–Crippen MR) is 81.3 cm³/mol. The molecular formula is C14H20ClF3N2O3. The minimum atomic E-state index is -4.78. The lowest BCUT2D eigenvalue weighted by atomic mass is 10.1. The molecule has 5 nitrogen and oxygen atoms in total. The molecule has 0 saturated carbocycles. The van der Waals surface area contributed by atoms with Crippen LogP contribution in [0.5, 0.6) is 5.75 Å². The van der Waals surface area contributed by atoms with Crippen molar-refractivity contribution in [2.45, 2.75) is 25.4 Å². The van der Waals surface area contributed by atoms with Crippen molar-refractivity contribution in [1.29, 1.82) is 0 Å². The van der Waals surface area contributed by atoms with Gasteiger partial charge in [0, 0.05) is 32.8 Å². The van der Waals surface area contributed by atoms with Crippen molar-refractivity contribution in [2.75, 3.05) is 20.7 Å². The number of halogens is 4. The van der Waals surface area contributed by atoms with Crippen LogP contribution in [0.1, 0.15) is 12.0 Å². The average molecular weight is 357 g/mol. The van der Waals surface area contributed by atoms with E-state index >= 15 is 0 Å². The topological polar surface area (TPSA) is 64.8 Å². The van der Waals surface area contributed by atoms with E-state index in [2.05, 4.69) is 4.74 Å². The van der Waals surface area contributed by atoms with E-state index in [4.69, 9.17) is 10.5 Å². The first kappa shape index (κ1) is 21.5. The van der Waals surface area contributed by atoms with Gasteiger partial charge in [0.15, 0.2) is 0 Å². The monoisotopic (exact) mass is 356 g/mol. The van der Waals surface area contributed by atoms with Crippen LogP contribution >= 0.6 is 12.4 Å². The molecule has 0 bridgehead atoms. The van der Waals surface area contributed by atoms with Crippen molar-refractivity contribution in [3.63, 3.8) is 0 Å². The Kier molecular flexibility index (Phi) is 8.96. The third-order valence-electron chi connectivity index (χ3n) is 3.03. The summed E-state index contributed by atoms with van der Waals surface area (Å²) in [5, 5.41) is 0. The van der Waals surface area contributed by atoms with Gasteiger partial charge >= 0.3 is 6.36 Å². The van der Waals surface area contributed by atoms with Crippen LogP contribution in [0.3, 0.4) is 0 Å². The fourth-order valence-electron chi connectivity index (χ4n) is 1.82. The van der Waals surface area contributed by atoms with E-state index in [1.807, 2.05) is 0 Å². The highest BCUT2D eigenvalue weighted by atomic mass is 35.5. The minimum absolute atomic E-state index is 0. The summed E-state index contributed by atoms with van der Waals surface area (Å²) < 4.78 is 46.0. The maximum atomic E-state index is 12.3. The number of benzene rings is 1. The van der Waals surface area contributed by atoms with Crippen LogP contribution in [0.25, 0.3) is 0 Å². The van der Waals surface area contributed by atoms with Gasteiger partial charge in [0.25, 0.3) is 0 Å². The number of carbonyl (C=O) groups excluding carboxylic acids is 1. The van der Waals surface area contributed by atoms with Crippen molar-refractivity contribution < 1.29 is 27.4 Å². The lowest BCUT2D eigenvalue weighted by Crippen LogP contribution is -2.33. The van der Waals surface area contributed by atoms with Crippen molar-refractivity contribution >= 4 is 18.3 Å². The molecule has 9 heteroatoms. The van der Waals surface area contributed by atoms with E-state index in [9.17, 15) is 18.0 Å². The molecule has 23 heavy (non-hydrogen) atoms. The maximum Gasteiger partial charge on any atom is 0.573 e. The minimum Gasteiger partial charge on any atom is -0.405 e. The summed E-state index contributed by atoms with van der Waals surface area (Å²) in [6, 6.07) is 5.69. The average Bonchev–Trinajstić information content (AvgIpc) is 2.44. The molecule has 1 unspecified atom stereocenters. The Morgan fingerprint density at radius 3 is 2.48 bits per heavy atom. The van der Waals surface area contributed by atoms with E-state index in [0.29, 0.717) is 0 Å². The van der Waals surface area contributed by atoms with Gasteiger partial charge in [-0.2, -0.15) is 0 Å². The largest absolute Gasteiger partial charge is 0.573 e. The number of hydrogen-bond acceptors (Lipinski definition) is 4. The molecule has 1 aromatic rings. The second kappa shape index (κ2) is 9.59. The standard InChI is InChI=1S/C14H19F3N2O3.ClH/c1-19(13(20)7-11(8-18)21-2)9-10-5-3-4-6-12(10)22-14(15,16)17;/h3-6,11H,7-9,18H2,1-2H3;1H. The molecule has 1 rings (SSSR count). The normalized spacial score (nSPS) is 12.3. The Morgan fingerprint density at radius 2 is 1.96 bits per heavy atom. The lowest BCUT2D eigenvalue weighted by Gasteiger charge is -2.21. The number of carbonyl (C=O) groups is 1. The number of ether oxygens (including phenoxy) is 2. The number of nitrogens with zero attached hydrogens (tertiary/aromatic N) is 1. The van der Waals surface area contributed by atoms with E-state index in [-0.39, 0.29) is 49.1 Å². The first-order valence-corrected chi connectivity index (χ1v) is 6.57.